The maximum Gasteiger partial charge on any atom is 0.0904 e. The minimum atomic E-state index is -1.34. The third kappa shape index (κ3) is 4.52. The molecule has 2 heterocycles. The molecule has 0 aliphatic carbocycles. The van der Waals surface area contributed by atoms with Crippen molar-refractivity contribution in [2.45, 2.75) is 53.1 Å². The molecule has 0 amide bonds. The number of thiophene rings is 2. The average Bonchev–Trinajstić information content (AvgIpc) is 3.12. The summed E-state index contributed by atoms with van der Waals surface area (Å²) in [6.45, 7) is 19.0. The summed E-state index contributed by atoms with van der Waals surface area (Å²) in [4.78, 5) is 2.73. The van der Waals surface area contributed by atoms with Gasteiger partial charge in [0.25, 0.3) is 0 Å². The highest BCUT2D eigenvalue weighted by Gasteiger charge is 2.26. The van der Waals surface area contributed by atoms with E-state index in [9.17, 15) is 0 Å². The summed E-state index contributed by atoms with van der Waals surface area (Å²) in [5.74, 6) is 0. The second-order valence-corrected chi connectivity index (χ2v) is 24.2. The van der Waals surface area contributed by atoms with Gasteiger partial charge in [-0.15, -0.1) is 22.7 Å². The van der Waals surface area contributed by atoms with Crippen LogP contribution in [0, 0.1) is 13.8 Å². The summed E-state index contributed by atoms with van der Waals surface area (Å²) in [5.41, 5.74) is 5.42. The van der Waals surface area contributed by atoms with Crippen molar-refractivity contribution in [3.8, 4) is 20.9 Å². The Bertz CT molecular complexity index is 951. The Kier molecular flexibility index (Phi) is 6.43. The Labute approximate surface area is 196 Å². The maximum atomic E-state index is 3.88. The van der Waals surface area contributed by atoms with Crippen LogP contribution in [-0.4, -0.2) is 16.1 Å². The van der Waals surface area contributed by atoms with Gasteiger partial charge in [0, 0.05) is 29.8 Å². The number of rotatable bonds is 4. The standard InChI is InChI=1S/C22H28Br2S2Si2/c1-13-9-15(21-17(23)11-19(25-21)27(3,4)5)16(10-14(13)2)22-18(24)12-20(26-22)28(6,7)8/h9-12H,1-8H3. The Hall–Kier alpha value is 0.0138. The molecule has 3 rings (SSSR count). The quantitative estimate of drug-likeness (QED) is 0.276. The van der Waals surface area contributed by atoms with E-state index in [1.165, 1.54) is 41.0 Å². The van der Waals surface area contributed by atoms with E-state index in [1.807, 2.05) is 22.7 Å². The summed E-state index contributed by atoms with van der Waals surface area (Å²) in [6.07, 6.45) is 0. The molecule has 0 N–H and O–H groups in total. The number of hydrogen-bond acceptors (Lipinski definition) is 2. The van der Waals surface area contributed by atoms with Crippen molar-refractivity contribution in [2.24, 2.45) is 0 Å². The van der Waals surface area contributed by atoms with Crippen LogP contribution in [0.15, 0.2) is 33.2 Å². The van der Waals surface area contributed by atoms with Crippen LogP contribution in [0.2, 0.25) is 39.3 Å². The van der Waals surface area contributed by atoms with E-state index in [0.717, 1.165) is 0 Å². The van der Waals surface area contributed by atoms with Crippen LogP contribution in [0.4, 0.5) is 0 Å². The van der Waals surface area contributed by atoms with Crippen molar-refractivity contribution in [1.82, 2.24) is 0 Å². The van der Waals surface area contributed by atoms with Gasteiger partial charge < -0.3 is 0 Å². The molecule has 150 valence electrons. The lowest BCUT2D eigenvalue weighted by Crippen LogP contribution is -2.34. The molecular formula is C22H28Br2S2Si2. The SMILES string of the molecule is Cc1cc(-c2sc([Si](C)(C)C)cc2Br)c(-c2sc([Si](C)(C)C)cc2Br)cc1C. The summed E-state index contributed by atoms with van der Waals surface area (Å²) >= 11 is 11.7. The zero-order chi connectivity index (χ0) is 21.0. The molecule has 0 bridgehead atoms. The van der Waals surface area contributed by atoms with Crippen molar-refractivity contribution >= 4 is 79.7 Å². The fourth-order valence-corrected chi connectivity index (χ4v) is 11.0. The van der Waals surface area contributed by atoms with E-state index in [4.69, 9.17) is 0 Å². The topological polar surface area (TPSA) is 0 Å². The van der Waals surface area contributed by atoms with Gasteiger partial charge in [0.15, 0.2) is 0 Å². The predicted octanol–water partition coefficient (Wildman–Crippen LogP) is 8.38. The Balaban J connectivity index is 2.27. The van der Waals surface area contributed by atoms with Gasteiger partial charge in [-0.1, -0.05) is 39.3 Å². The molecule has 0 radical (unpaired) electrons. The van der Waals surface area contributed by atoms with Crippen LogP contribution >= 0.6 is 54.5 Å². The first-order valence-corrected chi connectivity index (χ1v) is 19.7. The normalized spacial score (nSPS) is 12.6. The third-order valence-electron chi connectivity index (χ3n) is 4.98. The van der Waals surface area contributed by atoms with Crippen LogP contribution in [0.5, 0.6) is 0 Å². The molecule has 0 nitrogen and oxygen atoms in total. The van der Waals surface area contributed by atoms with Gasteiger partial charge >= 0.3 is 0 Å². The van der Waals surface area contributed by atoms with E-state index in [0.29, 0.717) is 0 Å². The molecule has 0 spiro atoms. The van der Waals surface area contributed by atoms with Crippen LogP contribution in [-0.2, 0) is 0 Å². The average molecular weight is 573 g/mol. The van der Waals surface area contributed by atoms with Crippen molar-refractivity contribution < 1.29 is 0 Å². The lowest BCUT2D eigenvalue weighted by molar-refractivity contribution is 1.35. The van der Waals surface area contributed by atoms with E-state index in [1.54, 1.807) is 9.00 Å². The highest BCUT2D eigenvalue weighted by Crippen LogP contribution is 2.44. The largest absolute Gasteiger partial charge is 0.144 e. The Morgan fingerprint density at radius 2 is 0.929 bits per heavy atom. The van der Waals surface area contributed by atoms with E-state index in [2.05, 4.69) is 109 Å². The molecule has 0 fully saturated rings. The smallest absolute Gasteiger partial charge is 0.0904 e. The van der Waals surface area contributed by atoms with Gasteiger partial charge in [0.1, 0.15) is 0 Å². The fourth-order valence-electron chi connectivity index (χ4n) is 3.04. The summed E-state index contributed by atoms with van der Waals surface area (Å²) in [7, 11) is -2.68. The van der Waals surface area contributed by atoms with Crippen molar-refractivity contribution in [3.05, 3.63) is 44.3 Å². The first-order chi connectivity index (χ1) is 12.8. The van der Waals surface area contributed by atoms with Gasteiger partial charge in [-0.05, 0) is 90.1 Å². The zero-order valence-electron chi connectivity index (χ0n) is 17.9. The molecule has 0 aliphatic rings. The van der Waals surface area contributed by atoms with Crippen molar-refractivity contribution in [3.63, 3.8) is 0 Å². The molecule has 2 aromatic heterocycles. The van der Waals surface area contributed by atoms with Crippen LogP contribution < -0.4 is 9.00 Å². The van der Waals surface area contributed by atoms with Crippen LogP contribution in [0.3, 0.4) is 0 Å². The second kappa shape index (κ2) is 7.93. The van der Waals surface area contributed by atoms with Crippen molar-refractivity contribution in [2.75, 3.05) is 0 Å². The molecule has 0 saturated carbocycles. The van der Waals surface area contributed by atoms with Gasteiger partial charge in [0.2, 0.25) is 0 Å². The lowest BCUT2D eigenvalue weighted by atomic mass is 9.98. The molecule has 0 atom stereocenters. The molecule has 0 saturated heterocycles. The monoisotopic (exact) mass is 570 g/mol. The summed E-state index contributed by atoms with van der Waals surface area (Å²) in [5, 5.41) is 0. The first-order valence-electron chi connectivity index (χ1n) is 9.50. The minimum absolute atomic E-state index is 1.23. The molecular weight excluding hydrogens is 544 g/mol. The Morgan fingerprint density at radius 3 is 1.18 bits per heavy atom. The van der Waals surface area contributed by atoms with Crippen LogP contribution in [0.25, 0.3) is 20.9 Å². The zero-order valence-corrected chi connectivity index (χ0v) is 24.7. The van der Waals surface area contributed by atoms with E-state index >= 15 is 0 Å². The Morgan fingerprint density at radius 1 is 0.607 bits per heavy atom. The number of aryl methyl sites for hydroxylation is 2. The molecule has 28 heavy (non-hydrogen) atoms. The molecule has 3 aromatic rings. The van der Waals surface area contributed by atoms with E-state index in [-0.39, 0.29) is 0 Å². The fraction of sp³-hybridized carbons (Fsp3) is 0.364. The van der Waals surface area contributed by atoms with Crippen molar-refractivity contribution in [1.29, 1.82) is 0 Å². The predicted molar refractivity (Wildman–Crippen MR) is 144 cm³/mol. The first kappa shape index (κ1) is 22.7. The van der Waals surface area contributed by atoms with Gasteiger partial charge in [-0.3, -0.25) is 0 Å². The summed E-state index contributed by atoms with van der Waals surface area (Å²) in [6, 6.07) is 9.50. The molecule has 1 aromatic carbocycles. The number of halogens is 2. The number of hydrogen-bond donors (Lipinski definition) is 0. The van der Waals surface area contributed by atoms with Gasteiger partial charge in [-0.2, -0.15) is 0 Å². The number of benzene rings is 1. The van der Waals surface area contributed by atoms with Gasteiger partial charge in [-0.25, -0.2) is 0 Å². The van der Waals surface area contributed by atoms with Crippen LogP contribution in [0.1, 0.15) is 11.1 Å². The van der Waals surface area contributed by atoms with E-state index < -0.39 is 16.1 Å². The molecule has 6 heteroatoms. The van der Waals surface area contributed by atoms with Gasteiger partial charge in [0.05, 0.1) is 16.1 Å². The highest BCUT2D eigenvalue weighted by atomic mass is 79.9. The highest BCUT2D eigenvalue weighted by molar-refractivity contribution is 9.11. The second-order valence-electron chi connectivity index (χ2n) is 9.56. The third-order valence-corrected chi connectivity index (χ3v) is 16.2. The lowest BCUT2D eigenvalue weighted by Gasteiger charge is -2.14. The molecule has 0 aliphatic heterocycles. The molecule has 0 unspecified atom stereocenters. The maximum absolute atomic E-state index is 3.88. The minimum Gasteiger partial charge on any atom is -0.144 e. The summed E-state index contributed by atoms with van der Waals surface area (Å²) < 4.78 is 5.56.